The summed E-state index contributed by atoms with van der Waals surface area (Å²) in [6.07, 6.45) is 1.45. The van der Waals surface area contributed by atoms with Crippen LogP contribution in [0.2, 0.25) is 5.02 Å². The number of carbonyl (C=O) groups excluding carboxylic acids is 2. The third-order valence-electron chi connectivity index (χ3n) is 5.13. The molecule has 2 N–H and O–H groups in total. The molecule has 0 unspecified atom stereocenters. The quantitative estimate of drug-likeness (QED) is 0.355. The molecule has 0 radical (unpaired) electrons. The minimum atomic E-state index is -1.01. The van der Waals surface area contributed by atoms with Crippen molar-refractivity contribution in [2.75, 3.05) is 11.6 Å². The fourth-order valence-electron chi connectivity index (χ4n) is 3.46. The van der Waals surface area contributed by atoms with Crippen LogP contribution in [-0.4, -0.2) is 29.5 Å². The lowest BCUT2D eigenvalue weighted by Crippen LogP contribution is -2.35. The fraction of sp³-hybridized carbons (Fsp3) is 0.115. The number of nitrogens with zero attached hydrogens (tertiary/aromatic N) is 1. The molecule has 0 bridgehead atoms. The van der Waals surface area contributed by atoms with Crippen LogP contribution in [-0.2, 0) is 16.2 Å². The number of rotatable bonds is 8. The third kappa shape index (κ3) is 5.28. The average molecular weight is 493 g/mol. The highest BCUT2D eigenvalue weighted by Gasteiger charge is 2.34. The standard InChI is InChI=1S/C26H21ClN2O6/c1-2-34-22-14-17(12-20-24(30)28-29(25(20)31)19-6-4-3-5-7-19)13-21(27)23(22)35-15-16-8-10-18(11-9-16)26(32)33/h3-14H,2,15H2,1H3,(H,28,30)(H,32,33)/b20-12-. The molecule has 178 valence electrons. The Hall–Kier alpha value is -4.30. The number of hydrazine groups is 1. The predicted octanol–water partition coefficient (Wildman–Crippen LogP) is 4.48. The zero-order valence-corrected chi connectivity index (χ0v) is 19.4. The van der Waals surface area contributed by atoms with Gasteiger partial charge in [-0.25, -0.2) is 9.80 Å². The van der Waals surface area contributed by atoms with Crippen molar-refractivity contribution in [3.05, 3.63) is 94.0 Å². The van der Waals surface area contributed by atoms with Crippen LogP contribution >= 0.6 is 11.6 Å². The van der Waals surface area contributed by atoms with Crippen molar-refractivity contribution in [1.29, 1.82) is 0 Å². The largest absolute Gasteiger partial charge is 0.490 e. The topological polar surface area (TPSA) is 105 Å². The van der Waals surface area contributed by atoms with Gasteiger partial charge in [-0.05, 0) is 60.5 Å². The van der Waals surface area contributed by atoms with Gasteiger partial charge in [-0.2, -0.15) is 0 Å². The van der Waals surface area contributed by atoms with Crippen LogP contribution in [0.4, 0.5) is 5.69 Å². The minimum absolute atomic E-state index is 0.0421. The van der Waals surface area contributed by atoms with Gasteiger partial charge >= 0.3 is 5.97 Å². The molecule has 1 aliphatic heterocycles. The number of carboxylic acid groups (broad SMARTS) is 1. The van der Waals surface area contributed by atoms with Gasteiger partial charge in [0.25, 0.3) is 11.8 Å². The number of benzene rings is 3. The molecule has 1 saturated heterocycles. The number of carboxylic acids is 1. The average Bonchev–Trinajstić information content (AvgIpc) is 3.13. The highest BCUT2D eigenvalue weighted by atomic mass is 35.5. The normalized spacial score (nSPS) is 14.2. The summed E-state index contributed by atoms with van der Waals surface area (Å²) >= 11 is 6.48. The first-order valence-electron chi connectivity index (χ1n) is 10.7. The van der Waals surface area contributed by atoms with Crippen LogP contribution in [0.15, 0.2) is 72.3 Å². The van der Waals surface area contributed by atoms with Gasteiger partial charge in [0.2, 0.25) is 0 Å². The van der Waals surface area contributed by atoms with Crippen LogP contribution in [0, 0.1) is 0 Å². The monoisotopic (exact) mass is 492 g/mol. The van der Waals surface area contributed by atoms with Gasteiger partial charge in [0, 0.05) is 0 Å². The Balaban J connectivity index is 1.58. The molecule has 1 fully saturated rings. The number of anilines is 1. The van der Waals surface area contributed by atoms with Crippen LogP contribution in [0.5, 0.6) is 11.5 Å². The van der Waals surface area contributed by atoms with Gasteiger partial charge in [-0.1, -0.05) is 41.9 Å². The first-order chi connectivity index (χ1) is 16.9. The number of para-hydroxylation sites is 1. The molecule has 3 aromatic rings. The van der Waals surface area contributed by atoms with E-state index in [9.17, 15) is 14.4 Å². The summed E-state index contributed by atoms with van der Waals surface area (Å²) < 4.78 is 11.6. The number of carbonyl (C=O) groups is 3. The van der Waals surface area contributed by atoms with E-state index in [1.165, 1.54) is 23.2 Å². The number of ether oxygens (including phenoxy) is 2. The van der Waals surface area contributed by atoms with Crippen LogP contribution in [0.3, 0.4) is 0 Å². The molecule has 2 amide bonds. The number of hydrogen-bond acceptors (Lipinski definition) is 5. The Morgan fingerprint density at radius 3 is 2.43 bits per heavy atom. The van der Waals surface area contributed by atoms with Gasteiger partial charge in [0.05, 0.1) is 22.9 Å². The number of aromatic carboxylic acids is 1. The zero-order chi connectivity index (χ0) is 24.9. The summed E-state index contributed by atoms with van der Waals surface area (Å²) in [6.45, 7) is 2.27. The molecule has 0 atom stereocenters. The summed E-state index contributed by atoms with van der Waals surface area (Å²) in [4.78, 5) is 36.4. The minimum Gasteiger partial charge on any atom is -0.490 e. The van der Waals surface area contributed by atoms with E-state index in [1.54, 1.807) is 55.5 Å². The van der Waals surface area contributed by atoms with E-state index in [1.807, 2.05) is 6.07 Å². The Labute approximate surface area is 206 Å². The Kier molecular flexibility index (Phi) is 7.03. The third-order valence-corrected chi connectivity index (χ3v) is 5.41. The van der Waals surface area contributed by atoms with Gasteiger partial charge in [-0.3, -0.25) is 15.0 Å². The second-order valence-electron chi connectivity index (χ2n) is 7.53. The lowest BCUT2D eigenvalue weighted by Gasteiger charge is -2.15. The Bertz CT molecular complexity index is 1310. The summed E-state index contributed by atoms with van der Waals surface area (Å²) in [5, 5.41) is 10.4. The van der Waals surface area contributed by atoms with Crippen molar-refractivity contribution >= 4 is 41.1 Å². The zero-order valence-electron chi connectivity index (χ0n) is 18.7. The van der Waals surface area contributed by atoms with Crippen LogP contribution in [0.25, 0.3) is 6.08 Å². The van der Waals surface area contributed by atoms with Crippen molar-refractivity contribution in [1.82, 2.24) is 5.43 Å². The maximum absolute atomic E-state index is 12.9. The van der Waals surface area contributed by atoms with Crippen molar-refractivity contribution in [3.63, 3.8) is 0 Å². The van der Waals surface area contributed by atoms with E-state index in [0.29, 0.717) is 29.4 Å². The van der Waals surface area contributed by atoms with Gasteiger partial charge in [-0.15, -0.1) is 0 Å². The van der Waals surface area contributed by atoms with Gasteiger partial charge in [0.15, 0.2) is 11.5 Å². The molecule has 8 nitrogen and oxygen atoms in total. The van der Waals surface area contributed by atoms with Crippen molar-refractivity contribution in [3.8, 4) is 11.5 Å². The van der Waals surface area contributed by atoms with Crippen molar-refractivity contribution in [2.24, 2.45) is 0 Å². The van der Waals surface area contributed by atoms with E-state index >= 15 is 0 Å². The molecular formula is C26H21ClN2O6. The van der Waals surface area contributed by atoms with Gasteiger partial charge < -0.3 is 14.6 Å². The second-order valence-corrected chi connectivity index (χ2v) is 7.94. The molecule has 0 aromatic heterocycles. The Morgan fingerprint density at radius 1 is 1.06 bits per heavy atom. The maximum atomic E-state index is 12.9. The van der Waals surface area contributed by atoms with E-state index in [4.69, 9.17) is 26.2 Å². The molecule has 9 heteroatoms. The fourth-order valence-corrected chi connectivity index (χ4v) is 3.73. The number of hydrogen-bond donors (Lipinski definition) is 2. The summed E-state index contributed by atoms with van der Waals surface area (Å²) in [7, 11) is 0. The van der Waals surface area contributed by atoms with Crippen LogP contribution < -0.4 is 19.9 Å². The van der Waals surface area contributed by atoms with E-state index < -0.39 is 17.8 Å². The number of halogens is 1. The molecule has 0 aliphatic carbocycles. The lowest BCUT2D eigenvalue weighted by molar-refractivity contribution is -0.117. The van der Waals surface area contributed by atoms with Crippen LogP contribution in [0.1, 0.15) is 28.4 Å². The lowest BCUT2D eigenvalue weighted by atomic mass is 10.1. The molecule has 35 heavy (non-hydrogen) atoms. The Morgan fingerprint density at radius 2 is 1.77 bits per heavy atom. The SMILES string of the molecule is CCOc1cc(/C=C2/C(=O)NN(c3ccccc3)C2=O)cc(Cl)c1OCc1ccc(C(=O)O)cc1. The molecule has 1 heterocycles. The molecular weight excluding hydrogens is 472 g/mol. The van der Waals surface area contributed by atoms with Crippen molar-refractivity contribution < 1.29 is 29.0 Å². The number of nitrogens with one attached hydrogen (secondary N) is 1. The smallest absolute Gasteiger partial charge is 0.335 e. The molecule has 1 aliphatic rings. The second kappa shape index (κ2) is 10.3. The highest BCUT2D eigenvalue weighted by Crippen LogP contribution is 2.38. The first-order valence-corrected chi connectivity index (χ1v) is 11.1. The maximum Gasteiger partial charge on any atom is 0.335 e. The molecule has 4 rings (SSSR count). The van der Waals surface area contributed by atoms with E-state index in [-0.39, 0.29) is 22.8 Å². The molecule has 0 spiro atoms. The highest BCUT2D eigenvalue weighted by molar-refractivity contribution is 6.33. The first kappa shape index (κ1) is 23.8. The summed E-state index contributed by atoms with van der Waals surface area (Å²) in [5.74, 6) is -1.38. The van der Waals surface area contributed by atoms with Gasteiger partial charge in [0.1, 0.15) is 12.2 Å². The summed E-state index contributed by atoms with van der Waals surface area (Å²) in [6, 6.07) is 18.3. The van der Waals surface area contributed by atoms with Crippen molar-refractivity contribution in [2.45, 2.75) is 13.5 Å². The molecule has 3 aromatic carbocycles. The van der Waals surface area contributed by atoms with E-state index in [0.717, 1.165) is 5.56 Å². The number of amides is 2. The predicted molar refractivity (Wildman–Crippen MR) is 130 cm³/mol. The molecule has 0 saturated carbocycles. The van der Waals surface area contributed by atoms with E-state index in [2.05, 4.69) is 5.43 Å². The summed E-state index contributed by atoms with van der Waals surface area (Å²) in [5.41, 5.74) is 4.47.